The summed E-state index contributed by atoms with van der Waals surface area (Å²) in [5.41, 5.74) is 7.90. The summed E-state index contributed by atoms with van der Waals surface area (Å²) in [4.78, 5) is 0. The van der Waals surface area contributed by atoms with Crippen LogP contribution in [0.5, 0.6) is 11.5 Å². The molecule has 134 valence electrons. The molecule has 3 rings (SSSR count). The van der Waals surface area contributed by atoms with Crippen molar-refractivity contribution in [3.05, 3.63) is 83.1 Å². The van der Waals surface area contributed by atoms with Crippen LogP contribution in [0.2, 0.25) is 5.02 Å². The fourth-order valence-corrected chi connectivity index (χ4v) is 2.76. The van der Waals surface area contributed by atoms with E-state index >= 15 is 0 Å². The van der Waals surface area contributed by atoms with E-state index in [4.69, 9.17) is 26.8 Å². The van der Waals surface area contributed by atoms with Gasteiger partial charge < -0.3 is 15.2 Å². The predicted octanol–water partition coefficient (Wildman–Crippen LogP) is 5.06. The Morgan fingerprint density at radius 3 is 2.46 bits per heavy atom. The van der Waals surface area contributed by atoms with Crippen molar-refractivity contribution in [3.8, 4) is 22.6 Å². The van der Waals surface area contributed by atoms with Crippen LogP contribution in [0, 0.1) is 5.82 Å². The highest BCUT2D eigenvalue weighted by Gasteiger charge is 2.11. The predicted molar refractivity (Wildman–Crippen MR) is 102 cm³/mol. The lowest BCUT2D eigenvalue weighted by atomic mass is 10.0. The van der Waals surface area contributed by atoms with Crippen LogP contribution in [0.4, 0.5) is 4.39 Å². The second kappa shape index (κ2) is 8.70. The molecule has 3 nitrogen and oxygen atoms in total. The maximum absolute atomic E-state index is 13.6. The molecule has 0 aliphatic carbocycles. The summed E-state index contributed by atoms with van der Waals surface area (Å²) in [6.45, 7) is 1.16. The summed E-state index contributed by atoms with van der Waals surface area (Å²) in [7, 11) is 0. The fourth-order valence-electron chi connectivity index (χ4n) is 2.53. The van der Waals surface area contributed by atoms with E-state index in [0.717, 1.165) is 11.1 Å². The van der Waals surface area contributed by atoms with E-state index in [1.807, 2.05) is 36.4 Å². The summed E-state index contributed by atoms with van der Waals surface area (Å²) >= 11 is 6.22. The van der Waals surface area contributed by atoms with Crippen LogP contribution in [0.15, 0.2) is 66.7 Å². The number of ether oxygens (including phenoxy) is 2. The molecule has 0 heterocycles. The first kappa shape index (κ1) is 18.2. The number of hydrogen-bond donors (Lipinski definition) is 1. The number of hydrogen-bond acceptors (Lipinski definition) is 3. The molecule has 0 atom stereocenters. The smallest absolute Gasteiger partial charge is 0.162 e. The van der Waals surface area contributed by atoms with Crippen LogP contribution in [-0.2, 0) is 6.61 Å². The molecule has 0 saturated heterocycles. The highest BCUT2D eigenvalue weighted by Crippen LogP contribution is 2.36. The maximum Gasteiger partial charge on any atom is 0.162 e. The molecule has 26 heavy (non-hydrogen) atoms. The largest absolute Gasteiger partial charge is 0.488 e. The second-order valence-corrected chi connectivity index (χ2v) is 6.10. The molecule has 0 spiro atoms. The number of nitrogens with two attached hydrogens (primary N) is 1. The summed E-state index contributed by atoms with van der Waals surface area (Å²) in [5.74, 6) is 0.794. The maximum atomic E-state index is 13.6. The SMILES string of the molecule is NCCOc1ccc(-c2cc(F)ccc2Cl)cc1OCc1ccccc1. The van der Waals surface area contributed by atoms with Crippen molar-refractivity contribution in [1.29, 1.82) is 0 Å². The molecule has 5 heteroatoms. The van der Waals surface area contributed by atoms with Gasteiger partial charge >= 0.3 is 0 Å². The van der Waals surface area contributed by atoms with E-state index in [0.29, 0.717) is 41.8 Å². The zero-order chi connectivity index (χ0) is 18.4. The Bertz CT molecular complexity index is 871. The molecule has 0 aromatic heterocycles. The van der Waals surface area contributed by atoms with Gasteiger partial charge in [0.2, 0.25) is 0 Å². The second-order valence-electron chi connectivity index (χ2n) is 5.70. The average Bonchev–Trinajstić information content (AvgIpc) is 2.67. The Balaban J connectivity index is 1.91. The first-order chi connectivity index (χ1) is 12.7. The van der Waals surface area contributed by atoms with Crippen molar-refractivity contribution < 1.29 is 13.9 Å². The topological polar surface area (TPSA) is 44.5 Å². The van der Waals surface area contributed by atoms with Crippen molar-refractivity contribution in [2.45, 2.75) is 6.61 Å². The van der Waals surface area contributed by atoms with Gasteiger partial charge in [0.1, 0.15) is 19.0 Å². The lowest BCUT2D eigenvalue weighted by Crippen LogP contribution is -2.11. The Morgan fingerprint density at radius 2 is 1.69 bits per heavy atom. The van der Waals surface area contributed by atoms with Crippen LogP contribution in [0.1, 0.15) is 5.56 Å². The molecular weight excluding hydrogens is 353 g/mol. The zero-order valence-electron chi connectivity index (χ0n) is 14.1. The minimum Gasteiger partial charge on any atom is -0.488 e. The van der Waals surface area contributed by atoms with Crippen LogP contribution in [0.25, 0.3) is 11.1 Å². The van der Waals surface area contributed by atoms with Crippen molar-refractivity contribution >= 4 is 11.6 Å². The molecule has 0 fully saturated rings. The summed E-state index contributed by atoms with van der Waals surface area (Å²) in [5, 5.41) is 0.469. The highest BCUT2D eigenvalue weighted by atomic mass is 35.5. The quantitative estimate of drug-likeness (QED) is 0.631. The minimum absolute atomic E-state index is 0.348. The number of benzene rings is 3. The standard InChI is InChI=1S/C21H19ClFNO2/c22-19-8-7-17(23)13-18(19)16-6-9-20(25-11-10-24)21(12-16)26-14-15-4-2-1-3-5-15/h1-9,12-13H,10-11,14,24H2. The Kier molecular flexibility index (Phi) is 6.10. The number of halogens is 2. The van der Waals surface area contributed by atoms with E-state index in [-0.39, 0.29) is 5.82 Å². The molecule has 3 aromatic carbocycles. The monoisotopic (exact) mass is 371 g/mol. The first-order valence-corrected chi connectivity index (χ1v) is 8.64. The fraction of sp³-hybridized carbons (Fsp3) is 0.143. The van der Waals surface area contributed by atoms with Gasteiger partial charge in [-0.3, -0.25) is 0 Å². The molecule has 3 aromatic rings. The summed E-state index contributed by atoms with van der Waals surface area (Å²) in [6, 6.07) is 19.5. The van der Waals surface area contributed by atoms with Crippen LogP contribution >= 0.6 is 11.6 Å². The highest BCUT2D eigenvalue weighted by molar-refractivity contribution is 6.33. The van der Waals surface area contributed by atoms with Crippen LogP contribution in [-0.4, -0.2) is 13.2 Å². The van der Waals surface area contributed by atoms with E-state index < -0.39 is 0 Å². The van der Waals surface area contributed by atoms with Gasteiger partial charge in [0.15, 0.2) is 11.5 Å². The van der Waals surface area contributed by atoms with Gasteiger partial charge in [-0.05, 0) is 41.5 Å². The molecule has 0 unspecified atom stereocenters. The van der Waals surface area contributed by atoms with Gasteiger partial charge in [-0.15, -0.1) is 0 Å². The Morgan fingerprint density at radius 1 is 0.885 bits per heavy atom. The minimum atomic E-state index is -0.348. The van der Waals surface area contributed by atoms with Crippen LogP contribution < -0.4 is 15.2 Å². The average molecular weight is 372 g/mol. The third-order valence-electron chi connectivity index (χ3n) is 3.80. The Labute approximate surface area is 157 Å². The van der Waals surface area contributed by atoms with E-state index in [2.05, 4.69) is 0 Å². The molecule has 0 amide bonds. The van der Waals surface area contributed by atoms with Gasteiger partial charge in [-0.1, -0.05) is 48.0 Å². The lowest BCUT2D eigenvalue weighted by Gasteiger charge is -2.15. The molecule has 0 saturated carbocycles. The molecule has 0 radical (unpaired) electrons. The molecule has 0 aliphatic rings. The third kappa shape index (κ3) is 4.54. The van der Waals surface area contributed by atoms with E-state index in [1.165, 1.54) is 18.2 Å². The van der Waals surface area contributed by atoms with Gasteiger partial charge in [0.05, 0.1) is 0 Å². The van der Waals surface area contributed by atoms with Crippen molar-refractivity contribution in [1.82, 2.24) is 0 Å². The van der Waals surface area contributed by atoms with E-state index in [9.17, 15) is 4.39 Å². The van der Waals surface area contributed by atoms with Gasteiger partial charge in [-0.2, -0.15) is 0 Å². The normalized spacial score (nSPS) is 10.6. The van der Waals surface area contributed by atoms with Gasteiger partial charge in [0, 0.05) is 17.1 Å². The van der Waals surface area contributed by atoms with Gasteiger partial charge in [-0.25, -0.2) is 4.39 Å². The zero-order valence-corrected chi connectivity index (χ0v) is 14.9. The van der Waals surface area contributed by atoms with Gasteiger partial charge in [0.25, 0.3) is 0 Å². The summed E-state index contributed by atoms with van der Waals surface area (Å²) in [6.07, 6.45) is 0. The molecular formula is C21H19ClFNO2. The van der Waals surface area contributed by atoms with Crippen molar-refractivity contribution in [2.24, 2.45) is 5.73 Å². The molecule has 0 aliphatic heterocycles. The summed E-state index contributed by atoms with van der Waals surface area (Å²) < 4.78 is 25.2. The number of rotatable bonds is 7. The molecule has 2 N–H and O–H groups in total. The molecule has 0 bridgehead atoms. The Hall–Kier alpha value is -2.56. The first-order valence-electron chi connectivity index (χ1n) is 8.26. The third-order valence-corrected chi connectivity index (χ3v) is 4.13. The van der Waals surface area contributed by atoms with Crippen molar-refractivity contribution in [3.63, 3.8) is 0 Å². The van der Waals surface area contributed by atoms with E-state index in [1.54, 1.807) is 12.1 Å². The lowest BCUT2D eigenvalue weighted by molar-refractivity contribution is 0.266. The van der Waals surface area contributed by atoms with Crippen molar-refractivity contribution in [2.75, 3.05) is 13.2 Å². The van der Waals surface area contributed by atoms with Crippen LogP contribution in [0.3, 0.4) is 0 Å².